The largest absolute Gasteiger partial charge is 0.486 e. The minimum absolute atomic E-state index is 0.0342. The predicted octanol–water partition coefficient (Wildman–Crippen LogP) is 4.62. The Kier molecular flexibility index (Phi) is 7.29. The number of amides is 2. The first-order chi connectivity index (χ1) is 16.6. The molecule has 0 bridgehead atoms. The standard InChI is InChI=1S/C26H22FN3O4/c27-23-9-5-4-8-22(23)25(31)29-19-10-12-20(13-11-19)33-17-21-16-24(30-34-21)26(32)28-15-14-18-6-2-1-3-7-18/h1-13,16H,14-15,17H2,(H,28,32)(H,29,31). The first-order valence-electron chi connectivity index (χ1n) is 10.6. The highest BCUT2D eigenvalue weighted by molar-refractivity contribution is 6.04. The number of hydrogen-bond donors (Lipinski definition) is 2. The molecule has 2 amide bonds. The Balaban J connectivity index is 1.24. The molecule has 0 aliphatic carbocycles. The van der Waals surface area contributed by atoms with Crippen LogP contribution in [0.15, 0.2) is 89.5 Å². The lowest BCUT2D eigenvalue weighted by Crippen LogP contribution is -2.25. The number of carbonyl (C=O) groups excluding carboxylic acids is 2. The number of benzene rings is 3. The lowest BCUT2D eigenvalue weighted by molar-refractivity contribution is 0.0944. The van der Waals surface area contributed by atoms with Crippen LogP contribution in [0.5, 0.6) is 5.75 Å². The molecule has 1 heterocycles. The quantitative estimate of drug-likeness (QED) is 0.381. The summed E-state index contributed by atoms with van der Waals surface area (Å²) in [5, 5.41) is 9.24. The molecule has 0 aliphatic rings. The maximum absolute atomic E-state index is 13.7. The molecule has 34 heavy (non-hydrogen) atoms. The number of rotatable bonds is 9. The van der Waals surface area contributed by atoms with E-state index in [4.69, 9.17) is 9.26 Å². The first kappa shape index (κ1) is 22.7. The Bertz CT molecular complexity index is 1260. The molecule has 0 spiro atoms. The van der Waals surface area contributed by atoms with E-state index in [1.807, 2.05) is 30.3 Å². The molecule has 0 unspecified atom stereocenters. The van der Waals surface area contributed by atoms with Gasteiger partial charge in [-0.25, -0.2) is 4.39 Å². The molecule has 0 saturated carbocycles. The smallest absolute Gasteiger partial charge is 0.273 e. The minimum Gasteiger partial charge on any atom is -0.486 e. The third kappa shape index (κ3) is 6.07. The van der Waals surface area contributed by atoms with E-state index in [0.29, 0.717) is 23.7 Å². The summed E-state index contributed by atoms with van der Waals surface area (Å²) in [4.78, 5) is 24.4. The Morgan fingerprint density at radius 2 is 1.65 bits per heavy atom. The minimum atomic E-state index is -0.587. The van der Waals surface area contributed by atoms with E-state index >= 15 is 0 Å². The Morgan fingerprint density at radius 3 is 2.41 bits per heavy atom. The number of aromatic nitrogens is 1. The predicted molar refractivity (Wildman–Crippen MR) is 124 cm³/mol. The van der Waals surface area contributed by atoms with Crippen molar-refractivity contribution >= 4 is 17.5 Å². The van der Waals surface area contributed by atoms with E-state index < -0.39 is 11.7 Å². The van der Waals surface area contributed by atoms with Gasteiger partial charge in [0.1, 0.15) is 18.2 Å². The SMILES string of the molecule is O=C(NCCc1ccccc1)c1cc(COc2ccc(NC(=O)c3ccccc3F)cc2)on1. The van der Waals surface area contributed by atoms with Crippen LogP contribution in [0.2, 0.25) is 0 Å². The maximum Gasteiger partial charge on any atom is 0.273 e. The molecule has 0 radical (unpaired) electrons. The normalized spacial score (nSPS) is 10.5. The van der Waals surface area contributed by atoms with Crippen molar-refractivity contribution in [2.75, 3.05) is 11.9 Å². The molecule has 7 nitrogen and oxygen atoms in total. The number of carbonyl (C=O) groups is 2. The molecule has 1 aromatic heterocycles. The summed E-state index contributed by atoms with van der Waals surface area (Å²) in [7, 11) is 0. The molecule has 0 saturated heterocycles. The van der Waals surface area contributed by atoms with Gasteiger partial charge in [0.2, 0.25) is 0 Å². The summed E-state index contributed by atoms with van der Waals surface area (Å²) in [5.74, 6) is -0.528. The Morgan fingerprint density at radius 1 is 0.912 bits per heavy atom. The number of nitrogens with one attached hydrogen (secondary N) is 2. The molecule has 4 rings (SSSR count). The zero-order chi connectivity index (χ0) is 23.8. The van der Waals surface area contributed by atoms with Crippen molar-refractivity contribution in [3.05, 3.63) is 113 Å². The molecular formula is C26H22FN3O4. The van der Waals surface area contributed by atoms with Crippen LogP contribution in [0, 0.1) is 5.82 Å². The zero-order valence-corrected chi connectivity index (χ0v) is 18.2. The highest BCUT2D eigenvalue weighted by Crippen LogP contribution is 2.18. The van der Waals surface area contributed by atoms with Crippen molar-refractivity contribution in [3.63, 3.8) is 0 Å². The van der Waals surface area contributed by atoms with E-state index in [1.165, 1.54) is 24.3 Å². The summed E-state index contributed by atoms with van der Waals surface area (Å²) in [5.41, 5.74) is 1.77. The molecule has 8 heteroatoms. The van der Waals surface area contributed by atoms with Gasteiger partial charge in [-0.3, -0.25) is 9.59 Å². The fourth-order valence-electron chi connectivity index (χ4n) is 3.18. The van der Waals surface area contributed by atoms with Crippen molar-refractivity contribution < 1.29 is 23.2 Å². The van der Waals surface area contributed by atoms with E-state index in [9.17, 15) is 14.0 Å². The summed E-state index contributed by atoms with van der Waals surface area (Å²) < 4.78 is 24.6. The average Bonchev–Trinajstić information content (AvgIpc) is 3.34. The van der Waals surface area contributed by atoms with Crippen LogP contribution in [-0.4, -0.2) is 23.5 Å². The van der Waals surface area contributed by atoms with Crippen molar-refractivity contribution in [2.45, 2.75) is 13.0 Å². The van der Waals surface area contributed by atoms with Crippen molar-refractivity contribution in [1.29, 1.82) is 0 Å². The summed E-state index contributed by atoms with van der Waals surface area (Å²) in [6.07, 6.45) is 0.719. The van der Waals surface area contributed by atoms with Crippen LogP contribution in [0.25, 0.3) is 0 Å². The van der Waals surface area contributed by atoms with Crippen LogP contribution >= 0.6 is 0 Å². The molecule has 172 valence electrons. The molecule has 2 N–H and O–H groups in total. The second kappa shape index (κ2) is 10.9. The second-order valence-corrected chi connectivity index (χ2v) is 7.42. The van der Waals surface area contributed by atoms with Crippen LogP contribution in [0.1, 0.15) is 32.2 Å². The first-order valence-corrected chi connectivity index (χ1v) is 10.6. The van der Waals surface area contributed by atoms with Gasteiger partial charge in [-0.15, -0.1) is 0 Å². The van der Waals surface area contributed by atoms with Crippen LogP contribution in [0.4, 0.5) is 10.1 Å². The molecule has 0 fully saturated rings. The van der Waals surface area contributed by atoms with Gasteiger partial charge in [-0.2, -0.15) is 0 Å². The van der Waals surface area contributed by atoms with Gasteiger partial charge in [0.25, 0.3) is 11.8 Å². The van der Waals surface area contributed by atoms with E-state index in [1.54, 1.807) is 30.3 Å². The van der Waals surface area contributed by atoms with Crippen LogP contribution < -0.4 is 15.4 Å². The summed E-state index contributed by atoms with van der Waals surface area (Å²) >= 11 is 0. The van der Waals surface area contributed by atoms with Gasteiger partial charge in [0.05, 0.1) is 5.56 Å². The Hall–Kier alpha value is -4.46. The molecule has 3 aromatic carbocycles. The lowest BCUT2D eigenvalue weighted by atomic mass is 10.1. The van der Waals surface area contributed by atoms with Crippen molar-refractivity contribution in [3.8, 4) is 5.75 Å². The third-order valence-electron chi connectivity index (χ3n) is 4.95. The molecular weight excluding hydrogens is 437 g/mol. The topological polar surface area (TPSA) is 93.5 Å². The zero-order valence-electron chi connectivity index (χ0n) is 18.2. The van der Waals surface area contributed by atoms with Gasteiger partial charge >= 0.3 is 0 Å². The van der Waals surface area contributed by atoms with Gasteiger partial charge in [0, 0.05) is 18.3 Å². The fourth-order valence-corrected chi connectivity index (χ4v) is 3.18. The van der Waals surface area contributed by atoms with Crippen molar-refractivity contribution in [1.82, 2.24) is 10.5 Å². The van der Waals surface area contributed by atoms with Crippen LogP contribution in [0.3, 0.4) is 0 Å². The summed E-state index contributed by atoms with van der Waals surface area (Å²) in [6.45, 7) is 0.562. The number of hydrogen-bond acceptors (Lipinski definition) is 5. The van der Waals surface area contributed by atoms with Gasteiger partial charge in [-0.05, 0) is 48.4 Å². The van der Waals surface area contributed by atoms with Gasteiger partial charge in [0.15, 0.2) is 11.5 Å². The Labute approximate surface area is 195 Å². The van der Waals surface area contributed by atoms with E-state index in [-0.39, 0.29) is 23.8 Å². The second-order valence-electron chi connectivity index (χ2n) is 7.42. The van der Waals surface area contributed by atoms with Gasteiger partial charge < -0.3 is 19.9 Å². The fraction of sp³-hybridized carbons (Fsp3) is 0.115. The van der Waals surface area contributed by atoms with Crippen LogP contribution in [-0.2, 0) is 13.0 Å². The van der Waals surface area contributed by atoms with Crippen molar-refractivity contribution in [2.24, 2.45) is 0 Å². The highest BCUT2D eigenvalue weighted by atomic mass is 19.1. The lowest BCUT2D eigenvalue weighted by Gasteiger charge is -2.08. The molecule has 0 atom stereocenters. The third-order valence-corrected chi connectivity index (χ3v) is 4.95. The molecule has 4 aromatic rings. The number of anilines is 1. The van der Waals surface area contributed by atoms with Gasteiger partial charge in [-0.1, -0.05) is 47.6 Å². The number of ether oxygens (including phenoxy) is 1. The number of halogens is 1. The van der Waals surface area contributed by atoms with E-state index in [0.717, 1.165) is 12.0 Å². The van der Waals surface area contributed by atoms with E-state index in [2.05, 4.69) is 15.8 Å². The average molecular weight is 459 g/mol. The monoisotopic (exact) mass is 459 g/mol. The molecule has 0 aliphatic heterocycles. The maximum atomic E-state index is 13.7. The number of nitrogens with zero attached hydrogens (tertiary/aromatic N) is 1. The summed E-state index contributed by atoms with van der Waals surface area (Å²) in [6, 6.07) is 23.7. The highest BCUT2D eigenvalue weighted by Gasteiger charge is 2.13.